The van der Waals surface area contributed by atoms with Crippen LogP contribution in [0.2, 0.25) is 0 Å². The Morgan fingerprint density at radius 1 is 1.06 bits per heavy atom. The summed E-state index contributed by atoms with van der Waals surface area (Å²) in [5, 5.41) is 20.2. The second-order valence-electron chi connectivity index (χ2n) is 7.60. The Bertz CT molecular complexity index is 1300. The van der Waals surface area contributed by atoms with E-state index in [-0.39, 0.29) is 11.4 Å². The highest BCUT2D eigenvalue weighted by atomic mass is 16.5. The van der Waals surface area contributed by atoms with Crippen molar-refractivity contribution in [3.8, 4) is 28.5 Å². The van der Waals surface area contributed by atoms with Crippen LogP contribution < -0.4 is 14.9 Å². The monoisotopic (exact) mass is 456 g/mol. The molecule has 0 aliphatic rings. The van der Waals surface area contributed by atoms with Crippen LogP contribution in [0, 0.1) is 6.92 Å². The summed E-state index contributed by atoms with van der Waals surface area (Å²) in [6.45, 7) is 2.47. The number of phenolic OH excluding ortho intramolecular Hbond substituents is 1. The predicted octanol–water partition coefficient (Wildman–Crippen LogP) is 4.44. The van der Waals surface area contributed by atoms with Gasteiger partial charge in [0.25, 0.3) is 5.91 Å². The molecule has 4 aromatic rings. The number of benzene rings is 3. The minimum atomic E-state index is -0.432. The normalized spacial score (nSPS) is 10.9. The topological polar surface area (TPSA) is 109 Å². The minimum Gasteiger partial charge on any atom is -0.508 e. The lowest BCUT2D eigenvalue weighted by atomic mass is 10.1. The third kappa shape index (κ3) is 5.60. The lowest BCUT2D eigenvalue weighted by Crippen LogP contribution is -2.17. The Kier molecular flexibility index (Phi) is 6.88. The van der Waals surface area contributed by atoms with Crippen LogP contribution in [0.4, 0.5) is 0 Å². The number of phenols is 1. The summed E-state index contributed by atoms with van der Waals surface area (Å²) in [5.41, 5.74) is 7.05. The molecule has 8 heteroatoms. The summed E-state index contributed by atoms with van der Waals surface area (Å²) in [5.74, 6) is 0.911. The molecule has 0 radical (unpaired) electrons. The fourth-order valence-corrected chi connectivity index (χ4v) is 3.16. The van der Waals surface area contributed by atoms with E-state index in [9.17, 15) is 9.90 Å². The van der Waals surface area contributed by atoms with Crippen molar-refractivity contribution in [1.29, 1.82) is 0 Å². The molecule has 0 saturated heterocycles. The number of nitrogens with zero attached hydrogens (tertiary/aromatic N) is 2. The zero-order valence-electron chi connectivity index (χ0n) is 18.8. The second kappa shape index (κ2) is 10.4. The molecular formula is C26H24N4O4. The highest BCUT2D eigenvalue weighted by molar-refractivity contribution is 5.94. The molecule has 0 spiro atoms. The molecule has 1 heterocycles. The number of hydrogen-bond acceptors (Lipinski definition) is 6. The summed E-state index contributed by atoms with van der Waals surface area (Å²) >= 11 is 0. The summed E-state index contributed by atoms with van der Waals surface area (Å²) in [4.78, 5) is 12.4. The van der Waals surface area contributed by atoms with E-state index in [0.29, 0.717) is 23.8 Å². The molecule has 0 aliphatic heterocycles. The number of carbonyl (C=O) groups excluding carboxylic acids is 1. The number of aromatic hydroxyl groups is 1. The molecule has 0 unspecified atom stereocenters. The number of amides is 1. The predicted molar refractivity (Wildman–Crippen MR) is 129 cm³/mol. The number of aryl methyl sites for hydroxylation is 1. The van der Waals surface area contributed by atoms with E-state index >= 15 is 0 Å². The van der Waals surface area contributed by atoms with Gasteiger partial charge in [-0.1, -0.05) is 29.8 Å². The lowest BCUT2D eigenvalue weighted by molar-refractivity contribution is 0.0950. The van der Waals surface area contributed by atoms with E-state index in [1.807, 2.05) is 49.4 Å². The SMILES string of the molecule is COc1cc(-c2cc(C(=O)N/N=C/c3ccc(O)cc3)[nH]n2)ccc1OCc1ccc(C)cc1. The smallest absolute Gasteiger partial charge is 0.289 e. The van der Waals surface area contributed by atoms with Crippen LogP contribution in [0.5, 0.6) is 17.2 Å². The van der Waals surface area contributed by atoms with Gasteiger partial charge in [-0.25, -0.2) is 5.43 Å². The largest absolute Gasteiger partial charge is 0.508 e. The molecule has 3 N–H and O–H groups in total. The molecular weight excluding hydrogens is 432 g/mol. The van der Waals surface area contributed by atoms with Crippen molar-refractivity contribution >= 4 is 12.1 Å². The number of nitrogens with one attached hydrogen (secondary N) is 2. The number of carbonyl (C=O) groups is 1. The second-order valence-corrected chi connectivity index (χ2v) is 7.60. The van der Waals surface area contributed by atoms with Crippen molar-refractivity contribution in [2.75, 3.05) is 7.11 Å². The van der Waals surface area contributed by atoms with Gasteiger partial charge in [-0.2, -0.15) is 10.2 Å². The van der Waals surface area contributed by atoms with Gasteiger partial charge in [0.15, 0.2) is 11.5 Å². The number of ether oxygens (including phenoxy) is 2. The van der Waals surface area contributed by atoms with Crippen LogP contribution in [-0.2, 0) is 6.61 Å². The van der Waals surface area contributed by atoms with Gasteiger partial charge in [0.2, 0.25) is 0 Å². The van der Waals surface area contributed by atoms with Crippen LogP contribution in [0.3, 0.4) is 0 Å². The molecule has 0 bridgehead atoms. The quantitative estimate of drug-likeness (QED) is 0.268. The number of H-pyrrole nitrogens is 1. The van der Waals surface area contributed by atoms with E-state index in [1.54, 1.807) is 25.3 Å². The average Bonchev–Trinajstić information content (AvgIpc) is 3.35. The molecule has 0 atom stereocenters. The molecule has 4 rings (SSSR count). The van der Waals surface area contributed by atoms with E-state index in [4.69, 9.17) is 9.47 Å². The maximum Gasteiger partial charge on any atom is 0.289 e. The van der Waals surface area contributed by atoms with Crippen LogP contribution >= 0.6 is 0 Å². The van der Waals surface area contributed by atoms with Gasteiger partial charge >= 0.3 is 0 Å². The first-order chi connectivity index (χ1) is 16.5. The molecule has 0 fully saturated rings. The van der Waals surface area contributed by atoms with Crippen LogP contribution in [0.15, 0.2) is 77.9 Å². The van der Waals surface area contributed by atoms with Crippen molar-refractivity contribution < 1.29 is 19.4 Å². The van der Waals surface area contributed by atoms with E-state index in [1.165, 1.54) is 23.9 Å². The first kappa shape index (κ1) is 22.6. The lowest BCUT2D eigenvalue weighted by Gasteiger charge is -2.12. The maximum atomic E-state index is 12.4. The summed E-state index contributed by atoms with van der Waals surface area (Å²) in [6, 6.07) is 21.7. The molecule has 1 aromatic heterocycles. The zero-order chi connectivity index (χ0) is 23.9. The van der Waals surface area contributed by atoms with Crippen LogP contribution in [0.25, 0.3) is 11.3 Å². The Morgan fingerprint density at radius 2 is 1.82 bits per heavy atom. The van der Waals surface area contributed by atoms with Crippen LogP contribution in [0.1, 0.15) is 27.2 Å². The number of methoxy groups -OCH3 is 1. The van der Waals surface area contributed by atoms with Crippen molar-refractivity contribution in [3.05, 3.63) is 95.2 Å². The summed E-state index contributed by atoms with van der Waals surface area (Å²) in [7, 11) is 1.58. The van der Waals surface area contributed by atoms with Crippen molar-refractivity contribution in [2.24, 2.45) is 5.10 Å². The number of hydrogen-bond donors (Lipinski definition) is 3. The van der Waals surface area contributed by atoms with Gasteiger partial charge in [0.1, 0.15) is 18.1 Å². The standard InChI is InChI=1S/C26H24N4O4/c1-17-3-5-19(6-4-17)16-34-24-12-9-20(13-25(24)33-2)22-14-23(29-28-22)26(32)30-27-15-18-7-10-21(31)11-8-18/h3-15,31H,16H2,1-2H3,(H,28,29)(H,30,32)/b27-15+. The Balaban J connectivity index is 1.41. The number of aromatic nitrogens is 2. The van der Waals surface area contributed by atoms with Gasteiger partial charge in [-0.05, 0) is 66.6 Å². The first-order valence-corrected chi connectivity index (χ1v) is 10.6. The molecule has 1 amide bonds. The first-order valence-electron chi connectivity index (χ1n) is 10.6. The van der Waals surface area contributed by atoms with E-state index in [2.05, 4.69) is 20.7 Å². The third-order valence-electron chi connectivity index (χ3n) is 5.07. The van der Waals surface area contributed by atoms with Gasteiger partial charge in [0, 0.05) is 5.56 Å². The van der Waals surface area contributed by atoms with Crippen molar-refractivity contribution in [2.45, 2.75) is 13.5 Å². The highest BCUT2D eigenvalue weighted by Crippen LogP contribution is 2.32. The zero-order valence-corrected chi connectivity index (χ0v) is 18.8. The van der Waals surface area contributed by atoms with E-state index < -0.39 is 5.91 Å². The van der Waals surface area contributed by atoms with Gasteiger partial charge < -0.3 is 14.6 Å². The molecule has 34 heavy (non-hydrogen) atoms. The molecule has 172 valence electrons. The van der Waals surface area contributed by atoms with Crippen LogP contribution in [-0.4, -0.2) is 34.5 Å². The van der Waals surface area contributed by atoms with Gasteiger partial charge in [-0.15, -0.1) is 0 Å². The number of rotatable bonds is 8. The maximum absolute atomic E-state index is 12.4. The molecule has 3 aromatic carbocycles. The van der Waals surface area contributed by atoms with Crippen molar-refractivity contribution in [3.63, 3.8) is 0 Å². The third-order valence-corrected chi connectivity index (χ3v) is 5.07. The van der Waals surface area contributed by atoms with Gasteiger partial charge in [0.05, 0.1) is 19.0 Å². The Hall–Kier alpha value is -4.59. The Morgan fingerprint density at radius 3 is 2.56 bits per heavy atom. The molecule has 0 saturated carbocycles. The summed E-state index contributed by atoms with van der Waals surface area (Å²) < 4.78 is 11.4. The highest BCUT2D eigenvalue weighted by Gasteiger charge is 2.13. The average molecular weight is 457 g/mol. The Labute approximate surface area is 196 Å². The van der Waals surface area contributed by atoms with Crippen molar-refractivity contribution in [1.82, 2.24) is 15.6 Å². The molecule has 0 aliphatic carbocycles. The van der Waals surface area contributed by atoms with E-state index in [0.717, 1.165) is 16.7 Å². The minimum absolute atomic E-state index is 0.161. The molecule has 8 nitrogen and oxygen atoms in total. The fourth-order valence-electron chi connectivity index (χ4n) is 3.16. The van der Waals surface area contributed by atoms with Gasteiger partial charge in [-0.3, -0.25) is 9.89 Å². The number of aromatic amines is 1. The fraction of sp³-hybridized carbons (Fsp3) is 0.115. The number of hydrazone groups is 1. The summed E-state index contributed by atoms with van der Waals surface area (Å²) in [6.07, 6.45) is 1.48.